The first kappa shape index (κ1) is 16.8. The summed E-state index contributed by atoms with van der Waals surface area (Å²) in [5, 5.41) is 13.8. The Kier molecular flexibility index (Phi) is 6.78. The molecule has 1 atom stereocenters. The fourth-order valence-corrected chi connectivity index (χ4v) is 2.01. The fraction of sp³-hybridized carbons (Fsp3) is 0.600. The predicted molar refractivity (Wildman–Crippen MR) is 78.5 cm³/mol. The molecule has 0 spiro atoms. The Hall–Kier alpha value is -1.30. The third-order valence-electron chi connectivity index (χ3n) is 3.26. The smallest absolute Gasteiger partial charge is 0.128 e. The second kappa shape index (κ2) is 8.09. The largest absolute Gasteiger partial charge is 0.497 e. The summed E-state index contributed by atoms with van der Waals surface area (Å²) in [6, 6.07) is 5.44. The van der Waals surface area contributed by atoms with Gasteiger partial charge in [0.1, 0.15) is 11.5 Å². The predicted octanol–water partition coefficient (Wildman–Crippen LogP) is 1.54. The van der Waals surface area contributed by atoms with Crippen LogP contribution < -0.4 is 14.8 Å². The van der Waals surface area contributed by atoms with Crippen molar-refractivity contribution >= 4 is 0 Å². The summed E-state index contributed by atoms with van der Waals surface area (Å²) in [6.45, 7) is 3.92. The van der Waals surface area contributed by atoms with Gasteiger partial charge in [-0.15, -0.1) is 0 Å². The van der Waals surface area contributed by atoms with Crippen LogP contribution in [0, 0.1) is 0 Å². The summed E-state index contributed by atoms with van der Waals surface area (Å²) >= 11 is 0. The van der Waals surface area contributed by atoms with Gasteiger partial charge in [0.25, 0.3) is 0 Å². The lowest BCUT2D eigenvalue weighted by molar-refractivity contribution is 0.0449. The first-order valence-electron chi connectivity index (χ1n) is 6.69. The molecule has 0 aliphatic carbocycles. The maximum absolute atomic E-state index is 10.6. The van der Waals surface area contributed by atoms with E-state index in [1.807, 2.05) is 12.1 Å². The van der Waals surface area contributed by atoms with E-state index in [0.29, 0.717) is 31.1 Å². The summed E-state index contributed by atoms with van der Waals surface area (Å²) in [7, 11) is 4.86. The van der Waals surface area contributed by atoms with Gasteiger partial charge >= 0.3 is 0 Å². The molecule has 20 heavy (non-hydrogen) atoms. The standard InChI is InChI=1S/C15H25NO4/c1-15(17,7-8-16-9-10-18-2)13-6-5-12(19-3)11-14(13)20-4/h5-6,11,16-17H,7-10H2,1-4H3. The van der Waals surface area contributed by atoms with E-state index in [-0.39, 0.29) is 0 Å². The lowest BCUT2D eigenvalue weighted by atomic mass is 9.91. The number of nitrogens with one attached hydrogen (secondary N) is 1. The molecule has 5 heteroatoms. The van der Waals surface area contributed by atoms with Gasteiger partial charge in [-0.25, -0.2) is 0 Å². The van der Waals surface area contributed by atoms with Gasteiger partial charge in [-0.3, -0.25) is 0 Å². The second-order valence-electron chi connectivity index (χ2n) is 4.83. The maximum atomic E-state index is 10.6. The summed E-state index contributed by atoms with van der Waals surface area (Å²) in [6.07, 6.45) is 0.583. The van der Waals surface area contributed by atoms with Crippen LogP contribution in [0.5, 0.6) is 11.5 Å². The molecule has 0 bridgehead atoms. The number of rotatable bonds is 9. The number of benzene rings is 1. The van der Waals surface area contributed by atoms with Crippen LogP contribution in [0.2, 0.25) is 0 Å². The maximum Gasteiger partial charge on any atom is 0.128 e. The first-order chi connectivity index (χ1) is 9.55. The molecule has 114 valence electrons. The number of ether oxygens (including phenoxy) is 3. The van der Waals surface area contributed by atoms with Crippen LogP contribution in [-0.4, -0.2) is 46.1 Å². The molecule has 0 aromatic heterocycles. The van der Waals surface area contributed by atoms with Crippen molar-refractivity contribution in [3.63, 3.8) is 0 Å². The normalized spacial score (nSPS) is 13.8. The van der Waals surface area contributed by atoms with E-state index in [0.717, 1.165) is 12.1 Å². The summed E-state index contributed by atoms with van der Waals surface area (Å²) < 4.78 is 15.5. The zero-order chi connectivity index (χ0) is 15.0. The minimum absolute atomic E-state index is 0.583. The molecule has 0 saturated carbocycles. The van der Waals surface area contributed by atoms with Crippen LogP contribution in [0.15, 0.2) is 18.2 Å². The van der Waals surface area contributed by atoms with Gasteiger partial charge in [-0.1, -0.05) is 0 Å². The molecule has 0 saturated heterocycles. The molecule has 1 unspecified atom stereocenters. The van der Waals surface area contributed by atoms with Crippen LogP contribution in [0.4, 0.5) is 0 Å². The molecule has 0 radical (unpaired) electrons. The highest BCUT2D eigenvalue weighted by Crippen LogP contribution is 2.34. The van der Waals surface area contributed by atoms with Gasteiger partial charge < -0.3 is 24.6 Å². The highest BCUT2D eigenvalue weighted by atomic mass is 16.5. The highest BCUT2D eigenvalue weighted by Gasteiger charge is 2.26. The molecule has 0 amide bonds. The van der Waals surface area contributed by atoms with Gasteiger partial charge in [0.15, 0.2) is 0 Å². The fourth-order valence-electron chi connectivity index (χ4n) is 2.01. The van der Waals surface area contributed by atoms with Crippen LogP contribution in [0.1, 0.15) is 18.9 Å². The Labute approximate surface area is 120 Å². The topological polar surface area (TPSA) is 60.0 Å². The third kappa shape index (κ3) is 4.67. The van der Waals surface area contributed by atoms with Crippen molar-refractivity contribution in [1.29, 1.82) is 0 Å². The average Bonchev–Trinajstić information content (AvgIpc) is 2.46. The second-order valence-corrected chi connectivity index (χ2v) is 4.83. The van der Waals surface area contributed by atoms with E-state index in [9.17, 15) is 5.11 Å². The first-order valence-corrected chi connectivity index (χ1v) is 6.69. The van der Waals surface area contributed by atoms with E-state index < -0.39 is 5.60 Å². The van der Waals surface area contributed by atoms with E-state index in [4.69, 9.17) is 14.2 Å². The van der Waals surface area contributed by atoms with E-state index in [1.54, 1.807) is 34.3 Å². The van der Waals surface area contributed by atoms with Gasteiger partial charge in [0.2, 0.25) is 0 Å². The summed E-state index contributed by atoms with van der Waals surface area (Å²) in [5.74, 6) is 1.34. The Morgan fingerprint density at radius 1 is 1.15 bits per heavy atom. The number of methoxy groups -OCH3 is 3. The molecule has 1 aromatic carbocycles. The summed E-state index contributed by atoms with van der Waals surface area (Å²) in [5.41, 5.74) is -0.202. The van der Waals surface area contributed by atoms with Crippen LogP contribution in [0.3, 0.4) is 0 Å². The average molecular weight is 283 g/mol. The number of hydrogen-bond donors (Lipinski definition) is 2. The molecule has 1 aromatic rings. The lowest BCUT2D eigenvalue weighted by Crippen LogP contribution is -2.29. The summed E-state index contributed by atoms with van der Waals surface area (Å²) in [4.78, 5) is 0. The van der Waals surface area contributed by atoms with Crippen molar-refractivity contribution in [3.05, 3.63) is 23.8 Å². The van der Waals surface area contributed by atoms with E-state index in [1.165, 1.54) is 0 Å². The molecule has 0 heterocycles. The Morgan fingerprint density at radius 3 is 2.50 bits per heavy atom. The minimum Gasteiger partial charge on any atom is -0.497 e. The van der Waals surface area contributed by atoms with Gasteiger partial charge in [-0.2, -0.15) is 0 Å². The zero-order valence-corrected chi connectivity index (χ0v) is 12.7. The number of hydrogen-bond acceptors (Lipinski definition) is 5. The molecule has 0 fully saturated rings. The van der Waals surface area contributed by atoms with Crippen molar-refractivity contribution in [2.45, 2.75) is 18.9 Å². The van der Waals surface area contributed by atoms with Crippen LogP contribution in [0.25, 0.3) is 0 Å². The van der Waals surface area contributed by atoms with Crippen molar-refractivity contribution < 1.29 is 19.3 Å². The Balaban J connectivity index is 2.70. The van der Waals surface area contributed by atoms with Gasteiger partial charge in [0, 0.05) is 25.3 Å². The number of aliphatic hydroxyl groups is 1. The zero-order valence-electron chi connectivity index (χ0n) is 12.7. The Morgan fingerprint density at radius 2 is 1.90 bits per heavy atom. The van der Waals surface area contributed by atoms with E-state index >= 15 is 0 Å². The van der Waals surface area contributed by atoms with Crippen LogP contribution >= 0.6 is 0 Å². The minimum atomic E-state index is -0.961. The monoisotopic (exact) mass is 283 g/mol. The molecular weight excluding hydrogens is 258 g/mol. The van der Waals surface area contributed by atoms with Gasteiger partial charge in [-0.05, 0) is 32.0 Å². The molecular formula is C15H25NO4. The lowest BCUT2D eigenvalue weighted by Gasteiger charge is -2.26. The van der Waals surface area contributed by atoms with Crippen molar-refractivity contribution in [2.75, 3.05) is 41.0 Å². The van der Waals surface area contributed by atoms with Crippen molar-refractivity contribution in [1.82, 2.24) is 5.32 Å². The van der Waals surface area contributed by atoms with Crippen LogP contribution in [-0.2, 0) is 10.3 Å². The SMILES string of the molecule is COCCNCCC(C)(O)c1ccc(OC)cc1OC. The molecule has 0 aliphatic heterocycles. The Bertz CT molecular complexity index is 407. The van der Waals surface area contributed by atoms with Crippen molar-refractivity contribution in [3.8, 4) is 11.5 Å². The quantitative estimate of drug-likeness (QED) is 0.673. The molecule has 0 aliphatic rings. The molecule has 1 rings (SSSR count). The van der Waals surface area contributed by atoms with Crippen molar-refractivity contribution in [2.24, 2.45) is 0 Å². The highest BCUT2D eigenvalue weighted by molar-refractivity contribution is 5.43. The molecule has 2 N–H and O–H groups in total. The van der Waals surface area contributed by atoms with E-state index in [2.05, 4.69) is 5.32 Å². The molecule has 5 nitrogen and oxygen atoms in total. The third-order valence-corrected chi connectivity index (χ3v) is 3.26. The van der Waals surface area contributed by atoms with Gasteiger partial charge in [0.05, 0.1) is 26.4 Å².